The van der Waals surface area contributed by atoms with Crippen LogP contribution < -0.4 is 27.0 Å². The number of urea groups is 1. The van der Waals surface area contributed by atoms with Crippen molar-refractivity contribution in [2.45, 2.75) is 91.7 Å². The molecule has 0 bridgehead atoms. The van der Waals surface area contributed by atoms with E-state index in [1.54, 1.807) is 6.07 Å². The zero-order chi connectivity index (χ0) is 40.1. The summed E-state index contributed by atoms with van der Waals surface area (Å²) in [4.78, 5) is 37.8. The number of carbonyl (C=O) groups is 2. The number of nitrogens with zero attached hydrogens (tertiary/aromatic N) is 4. The van der Waals surface area contributed by atoms with E-state index >= 15 is 0 Å². The maximum atomic E-state index is 12.2. The molecule has 2 saturated heterocycles. The fourth-order valence-corrected chi connectivity index (χ4v) is 9.79. The van der Waals surface area contributed by atoms with Crippen LogP contribution in [0.2, 0.25) is 10.0 Å². The summed E-state index contributed by atoms with van der Waals surface area (Å²) in [5.74, 6) is 1.34. The summed E-state index contributed by atoms with van der Waals surface area (Å²) < 4.78 is 24.3. The Morgan fingerprint density at radius 3 is 2.32 bits per heavy atom. The Balaban J connectivity index is 0.763. The van der Waals surface area contributed by atoms with Gasteiger partial charge in [0.05, 0.1) is 64.9 Å². The minimum atomic E-state index is -0.0181. The van der Waals surface area contributed by atoms with Gasteiger partial charge in [-0.25, -0.2) is 19.7 Å². The smallest absolute Gasteiger partial charge is 0.315 e. The number of nitrogen functional groups attached to an aromatic ring is 1. The van der Waals surface area contributed by atoms with Crippen molar-refractivity contribution in [3.63, 3.8) is 0 Å². The molecule has 19 heteroatoms. The molecule has 5 rings (SSSR count). The molecule has 0 saturated carbocycles. The maximum absolute atomic E-state index is 12.2. The number of rotatable bonds is 30. The highest BCUT2D eigenvalue weighted by Gasteiger charge is 2.42. The lowest BCUT2D eigenvalue weighted by atomic mass is 10.0. The number of benzene rings is 1. The second kappa shape index (κ2) is 25.8. The Morgan fingerprint density at radius 2 is 1.54 bits per heavy atom. The molecule has 3 amide bonds. The number of hydrogen-bond acceptors (Lipinski definition) is 13. The van der Waals surface area contributed by atoms with E-state index in [1.807, 2.05) is 23.9 Å². The highest BCUT2D eigenvalue weighted by Crippen LogP contribution is 2.35. The van der Waals surface area contributed by atoms with E-state index in [0.717, 1.165) is 67.4 Å². The summed E-state index contributed by atoms with van der Waals surface area (Å²) in [6.07, 6.45) is 10.2. The van der Waals surface area contributed by atoms with E-state index in [0.29, 0.717) is 117 Å². The number of fused-ring (bicyclic) bond motifs is 2. The zero-order valence-corrected chi connectivity index (χ0v) is 35.6. The van der Waals surface area contributed by atoms with Gasteiger partial charge >= 0.3 is 6.03 Å². The number of imidazole rings is 1. The van der Waals surface area contributed by atoms with Crippen LogP contribution in [0.1, 0.15) is 57.8 Å². The maximum Gasteiger partial charge on any atom is 0.315 e. The van der Waals surface area contributed by atoms with Crippen LogP contribution >= 0.6 is 46.7 Å². The third-order valence-electron chi connectivity index (χ3n) is 9.49. The fourth-order valence-electron chi connectivity index (χ4n) is 6.58. The molecule has 316 valence electrons. The predicted molar refractivity (Wildman–Crippen MR) is 227 cm³/mol. The van der Waals surface area contributed by atoms with Gasteiger partial charge < -0.3 is 50.5 Å². The van der Waals surface area contributed by atoms with E-state index in [2.05, 4.69) is 35.8 Å². The number of anilines is 1. The minimum Gasteiger partial charge on any atom is -0.382 e. The van der Waals surface area contributed by atoms with Gasteiger partial charge in [-0.3, -0.25) is 4.79 Å². The van der Waals surface area contributed by atoms with E-state index in [4.69, 9.17) is 52.9 Å². The van der Waals surface area contributed by atoms with Crippen LogP contribution in [0, 0.1) is 0 Å². The number of thioether (sulfide) groups is 1. The Kier molecular flexibility index (Phi) is 20.6. The largest absolute Gasteiger partial charge is 0.382 e. The van der Waals surface area contributed by atoms with Crippen LogP contribution in [0.3, 0.4) is 0 Å². The first-order valence-electron chi connectivity index (χ1n) is 19.9. The Bertz CT molecular complexity index is 1660. The number of unbranched alkanes of at least 4 members (excludes halogenated alkanes) is 5. The topological polar surface area (TPSA) is 189 Å². The molecular formula is C38H57Cl2N9O6S2. The second-order valence-electron chi connectivity index (χ2n) is 13.9. The molecule has 3 aromatic rings. The van der Waals surface area contributed by atoms with Crippen molar-refractivity contribution in [1.82, 2.24) is 40.8 Å². The molecule has 2 aliphatic rings. The van der Waals surface area contributed by atoms with Gasteiger partial charge in [0.15, 0.2) is 22.1 Å². The first kappa shape index (κ1) is 45.5. The van der Waals surface area contributed by atoms with Gasteiger partial charge in [-0.1, -0.05) is 60.6 Å². The number of ether oxygens (including phenoxy) is 4. The van der Waals surface area contributed by atoms with Crippen molar-refractivity contribution < 1.29 is 28.5 Å². The molecule has 15 nitrogen and oxygen atoms in total. The number of aromatic nitrogens is 4. The molecular weight excluding hydrogens is 814 g/mol. The number of carbonyl (C=O) groups excluding carboxylic acids is 2. The molecule has 3 atom stereocenters. The molecule has 6 N–H and O–H groups in total. The average Bonchev–Trinajstić information content (AvgIpc) is 3.85. The van der Waals surface area contributed by atoms with E-state index < -0.39 is 0 Å². The van der Waals surface area contributed by atoms with Crippen molar-refractivity contribution >= 4 is 75.6 Å². The molecule has 0 aliphatic carbocycles. The summed E-state index contributed by atoms with van der Waals surface area (Å²) >= 11 is 15.9. The van der Waals surface area contributed by atoms with Crippen molar-refractivity contribution in [2.75, 3.05) is 84.0 Å². The van der Waals surface area contributed by atoms with Gasteiger partial charge in [0, 0.05) is 52.0 Å². The van der Waals surface area contributed by atoms with Crippen LogP contribution in [0.15, 0.2) is 34.6 Å². The monoisotopic (exact) mass is 869 g/mol. The second-order valence-corrected chi connectivity index (χ2v) is 17.1. The Hall–Kier alpha value is -2.61. The number of halogens is 2. The number of aryl methyl sites for hydroxylation is 1. The lowest BCUT2D eigenvalue weighted by molar-refractivity contribution is -0.122. The first-order valence-corrected chi connectivity index (χ1v) is 22.6. The van der Waals surface area contributed by atoms with Crippen molar-refractivity contribution in [3.05, 3.63) is 34.6 Å². The van der Waals surface area contributed by atoms with E-state index in [1.165, 1.54) is 30.9 Å². The Labute approximate surface area is 353 Å². The standard InChI is InChI=1S/C38H57Cl2N9O6S2/c39-27-22-28(40)24-29(23-27)57-38-48-34-35(41)44-26-45-36(34)49(38)13-7-2-1-6-11-43-32(50)9-14-52-16-18-54-20-21-55-19-17-53-15-12-42-10-5-3-4-8-31-33-30(25-56-31)46-37(51)47-33/h22-24,26,30-31,33,42H,1-21,25H2,(H,43,50)(H2,41,44,45)(H2,46,47,51)/t30-,31+,33-/m0/s1. The van der Waals surface area contributed by atoms with Crippen LogP contribution in [-0.2, 0) is 30.3 Å². The third-order valence-corrected chi connectivity index (χ3v) is 12.4. The highest BCUT2D eigenvalue weighted by atomic mass is 35.5. The quantitative estimate of drug-likeness (QED) is 0.0429. The molecule has 0 spiro atoms. The number of nitrogens with one attached hydrogen (secondary N) is 4. The van der Waals surface area contributed by atoms with Crippen LogP contribution in [0.4, 0.5) is 10.6 Å². The molecule has 2 aromatic heterocycles. The number of hydrogen-bond donors (Lipinski definition) is 5. The summed E-state index contributed by atoms with van der Waals surface area (Å²) in [5.41, 5.74) is 7.35. The van der Waals surface area contributed by atoms with Gasteiger partial charge in [-0.15, -0.1) is 0 Å². The molecule has 4 heterocycles. The molecule has 2 aliphatic heterocycles. The first-order chi connectivity index (χ1) is 27.9. The van der Waals surface area contributed by atoms with Gasteiger partial charge in [-0.05, 0) is 50.4 Å². The van der Waals surface area contributed by atoms with E-state index in [-0.39, 0.29) is 11.9 Å². The SMILES string of the molecule is Nc1ncnc2c1nc(Sc1cc(Cl)cc(Cl)c1)n2CCCCCCNC(=O)CCOCCOCCOCCOCCNCCCCC[C@H]1SC[C@@H]2NC(=O)N[C@@H]21. The van der Waals surface area contributed by atoms with Crippen molar-refractivity contribution in [1.29, 1.82) is 0 Å². The third kappa shape index (κ3) is 16.2. The highest BCUT2D eigenvalue weighted by molar-refractivity contribution is 8.00. The molecule has 0 radical (unpaired) electrons. The summed E-state index contributed by atoms with van der Waals surface area (Å²) in [6, 6.07) is 5.98. The average molecular weight is 871 g/mol. The van der Waals surface area contributed by atoms with Gasteiger partial charge in [0.25, 0.3) is 0 Å². The molecule has 57 heavy (non-hydrogen) atoms. The summed E-state index contributed by atoms with van der Waals surface area (Å²) in [6.45, 7) is 7.12. The minimum absolute atomic E-state index is 0.0113. The van der Waals surface area contributed by atoms with Crippen LogP contribution in [0.25, 0.3) is 11.2 Å². The van der Waals surface area contributed by atoms with Gasteiger partial charge in [-0.2, -0.15) is 11.8 Å². The summed E-state index contributed by atoms with van der Waals surface area (Å²) in [7, 11) is 0. The molecule has 0 unspecified atom stereocenters. The lowest BCUT2D eigenvalue weighted by Crippen LogP contribution is -2.36. The summed E-state index contributed by atoms with van der Waals surface area (Å²) in [5, 5.41) is 14.9. The predicted octanol–water partition coefficient (Wildman–Crippen LogP) is 5.32. The van der Waals surface area contributed by atoms with Crippen LogP contribution in [-0.4, -0.2) is 127 Å². The number of amides is 3. The zero-order valence-electron chi connectivity index (χ0n) is 32.5. The van der Waals surface area contributed by atoms with Crippen LogP contribution in [0.5, 0.6) is 0 Å². The lowest BCUT2D eigenvalue weighted by Gasteiger charge is -2.16. The van der Waals surface area contributed by atoms with Gasteiger partial charge in [0.1, 0.15) is 6.33 Å². The Morgan fingerprint density at radius 1 is 0.860 bits per heavy atom. The van der Waals surface area contributed by atoms with E-state index in [9.17, 15) is 9.59 Å². The number of nitrogens with two attached hydrogens (primary N) is 1. The molecule has 1 aromatic carbocycles. The normalized spacial score (nSPS) is 17.6. The van der Waals surface area contributed by atoms with Crippen molar-refractivity contribution in [2.24, 2.45) is 0 Å². The van der Waals surface area contributed by atoms with Gasteiger partial charge in [0.2, 0.25) is 5.91 Å². The molecule has 2 fully saturated rings. The van der Waals surface area contributed by atoms with Crippen molar-refractivity contribution in [3.8, 4) is 0 Å². The fraction of sp³-hybridized carbons (Fsp3) is 0.658.